The number of carbonyl (C=O) groups is 1. The number of alkyl halides is 3. The van der Waals surface area contributed by atoms with Crippen LogP contribution in [0.1, 0.15) is 25.0 Å². The van der Waals surface area contributed by atoms with Crippen LogP contribution in [-0.2, 0) is 20.8 Å². The van der Waals surface area contributed by atoms with Crippen molar-refractivity contribution in [1.82, 2.24) is 5.32 Å². The van der Waals surface area contributed by atoms with Gasteiger partial charge in [0.15, 0.2) is 0 Å². The van der Waals surface area contributed by atoms with Crippen LogP contribution in [0.3, 0.4) is 0 Å². The van der Waals surface area contributed by atoms with Crippen LogP contribution in [0.15, 0.2) is 30.3 Å². The Kier molecular flexibility index (Phi) is 5.98. The number of benzene rings is 1. The molecule has 0 fully saturated rings. The highest BCUT2D eigenvalue weighted by Gasteiger charge is 2.30. The molecule has 0 saturated carbocycles. The summed E-state index contributed by atoms with van der Waals surface area (Å²) in [6, 6.07) is 4.04. The number of sulfone groups is 1. The van der Waals surface area contributed by atoms with Crippen LogP contribution < -0.4 is 5.32 Å². The summed E-state index contributed by atoms with van der Waals surface area (Å²) in [6.07, 6.45) is -2.25. The lowest BCUT2D eigenvalue weighted by Crippen LogP contribution is -2.36. The van der Waals surface area contributed by atoms with Crippen LogP contribution in [0, 0.1) is 0 Å². The Morgan fingerprint density at radius 3 is 2.48 bits per heavy atom. The van der Waals surface area contributed by atoms with Gasteiger partial charge >= 0.3 is 6.18 Å². The van der Waals surface area contributed by atoms with E-state index in [1.165, 1.54) is 26.0 Å². The van der Waals surface area contributed by atoms with Crippen molar-refractivity contribution in [2.45, 2.75) is 26.1 Å². The van der Waals surface area contributed by atoms with Crippen molar-refractivity contribution in [1.29, 1.82) is 0 Å². The molecule has 0 saturated heterocycles. The predicted octanol–water partition coefficient (Wildman–Crippen LogP) is 2.66. The second kappa shape index (κ2) is 7.16. The minimum atomic E-state index is -4.46. The number of hydrogen-bond acceptors (Lipinski definition) is 3. The van der Waals surface area contributed by atoms with Crippen molar-refractivity contribution in [2.24, 2.45) is 0 Å². The van der Waals surface area contributed by atoms with Crippen molar-refractivity contribution >= 4 is 21.3 Å². The zero-order valence-corrected chi connectivity index (χ0v) is 13.8. The fourth-order valence-corrected chi connectivity index (χ4v) is 2.99. The van der Waals surface area contributed by atoms with Gasteiger partial charge in [-0.1, -0.05) is 12.1 Å². The van der Waals surface area contributed by atoms with Crippen molar-refractivity contribution in [2.75, 3.05) is 12.0 Å². The van der Waals surface area contributed by atoms with Gasteiger partial charge in [-0.3, -0.25) is 4.79 Å². The average molecular weight is 349 g/mol. The topological polar surface area (TPSA) is 63.2 Å². The van der Waals surface area contributed by atoms with Crippen LogP contribution in [0.4, 0.5) is 13.2 Å². The Bertz CT molecular complexity index is 709. The fourth-order valence-electron chi connectivity index (χ4n) is 2.00. The van der Waals surface area contributed by atoms with E-state index in [-0.39, 0.29) is 11.3 Å². The Balaban J connectivity index is 2.86. The van der Waals surface area contributed by atoms with Crippen LogP contribution in [0.2, 0.25) is 0 Å². The zero-order chi connectivity index (χ0) is 17.8. The minimum absolute atomic E-state index is 0.213. The summed E-state index contributed by atoms with van der Waals surface area (Å²) >= 11 is 0. The number of allylic oxidation sites excluding steroid dienone is 1. The molecule has 1 rings (SSSR count). The van der Waals surface area contributed by atoms with Gasteiger partial charge in [-0.05, 0) is 37.1 Å². The largest absolute Gasteiger partial charge is 0.416 e. The second-order valence-electron chi connectivity index (χ2n) is 5.41. The first-order chi connectivity index (χ1) is 10.4. The van der Waals surface area contributed by atoms with Crippen LogP contribution in [0.25, 0.3) is 5.57 Å². The van der Waals surface area contributed by atoms with Crippen LogP contribution in [-0.4, -0.2) is 32.4 Å². The Hall–Kier alpha value is -1.83. The predicted molar refractivity (Wildman–Crippen MR) is 82.4 cm³/mol. The molecule has 1 atom stereocenters. The number of nitrogens with one attached hydrogen (secondary N) is 1. The first kappa shape index (κ1) is 19.2. The Labute approximate surface area is 133 Å². The molecule has 0 aromatic heterocycles. The molecule has 0 aliphatic heterocycles. The fraction of sp³-hybridized carbons (Fsp3) is 0.400. The van der Waals surface area contributed by atoms with Gasteiger partial charge in [0.2, 0.25) is 5.91 Å². The number of hydrogen-bond donors (Lipinski definition) is 1. The van der Waals surface area contributed by atoms with E-state index in [1.807, 2.05) is 0 Å². The number of carbonyl (C=O) groups excluding carboxylic acids is 1. The van der Waals surface area contributed by atoms with Gasteiger partial charge in [0.05, 0.1) is 11.3 Å². The Morgan fingerprint density at radius 1 is 1.35 bits per heavy atom. The first-order valence-corrected chi connectivity index (χ1v) is 8.78. The standard InChI is InChI=1S/C15H18F3NO3S/c1-10(7-14(20)19-11(2)9-23(3,21)22)12-5-4-6-13(8-12)15(16,17)18/h4-8,11H,9H2,1-3H3,(H,19,20)/b10-7+. The molecule has 0 heterocycles. The van der Waals surface area contributed by atoms with Gasteiger partial charge in [-0.25, -0.2) is 8.42 Å². The van der Waals surface area contributed by atoms with E-state index in [0.29, 0.717) is 5.57 Å². The van der Waals surface area contributed by atoms with Crippen molar-refractivity contribution in [3.8, 4) is 0 Å². The summed E-state index contributed by atoms with van der Waals surface area (Å²) in [6.45, 7) is 3.04. The number of halogens is 3. The van der Waals surface area contributed by atoms with Crippen molar-refractivity contribution in [3.05, 3.63) is 41.5 Å². The van der Waals surface area contributed by atoms with E-state index >= 15 is 0 Å². The minimum Gasteiger partial charge on any atom is -0.349 e. The molecule has 0 aliphatic carbocycles. The van der Waals surface area contributed by atoms with E-state index in [2.05, 4.69) is 5.32 Å². The normalized spacial score (nSPS) is 14.4. The smallest absolute Gasteiger partial charge is 0.349 e. The third-order valence-electron chi connectivity index (χ3n) is 2.93. The molecule has 1 unspecified atom stereocenters. The van der Waals surface area contributed by atoms with Gasteiger partial charge in [-0.15, -0.1) is 0 Å². The first-order valence-electron chi connectivity index (χ1n) is 6.72. The van der Waals surface area contributed by atoms with Gasteiger partial charge in [0.1, 0.15) is 9.84 Å². The monoisotopic (exact) mass is 349 g/mol. The van der Waals surface area contributed by atoms with Crippen LogP contribution >= 0.6 is 0 Å². The number of rotatable bonds is 5. The van der Waals surface area contributed by atoms with E-state index in [0.717, 1.165) is 24.5 Å². The third kappa shape index (κ3) is 6.85. The van der Waals surface area contributed by atoms with Gasteiger partial charge < -0.3 is 5.32 Å². The lowest BCUT2D eigenvalue weighted by atomic mass is 10.0. The molecule has 0 radical (unpaired) electrons. The lowest BCUT2D eigenvalue weighted by Gasteiger charge is -2.12. The highest BCUT2D eigenvalue weighted by molar-refractivity contribution is 7.90. The molecule has 1 aromatic carbocycles. The maximum absolute atomic E-state index is 12.7. The summed E-state index contributed by atoms with van der Waals surface area (Å²) in [5.74, 6) is -0.772. The zero-order valence-electron chi connectivity index (χ0n) is 12.9. The molecule has 23 heavy (non-hydrogen) atoms. The molecular weight excluding hydrogens is 331 g/mol. The Morgan fingerprint density at radius 2 is 1.96 bits per heavy atom. The summed E-state index contributed by atoms with van der Waals surface area (Å²) < 4.78 is 60.3. The highest BCUT2D eigenvalue weighted by Crippen LogP contribution is 2.30. The molecular formula is C15H18F3NO3S. The van der Waals surface area contributed by atoms with E-state index in [1.54, 1.807) is 0 Å². The number of amides is 1. The molecule has 8 heteroatoms. The summed E-state index contributed by atoms with van der Waals surface area (Å²) in [7, 11) is -3.23. The molecule has 0 aliphatic rings. The van der Waals surface area contributed by atoms with E-state index in [4.69, 9.17) is 0 Å². The summed E-state index contributed by atoms with van der Waals surface area (Å²) in [4.78, 5) is 11.8. The second-order valence-corrected chi connectivity index (χ2v) is 7.59. The molecule has 4 nitrogen and oxygen atoms in total. The molecule has 1 aromatic rings. The molecule has 1 N–H and O–H groups in total. The lowest BCUT2D eigenvalue weighted by molar-refractivity contribution is -0.137. The van der Waals surface area contributed by atoms with Gasteiger partial charge in [-0.2, -0.15) is 13.2 Å². The molecule has 0 bridgehead atoms. The van der Waals surface area contributed by atoms with Gasteiger partial charge in [0.25, 0.3) is 0 Å². The summed E-state index contributed by atoms with van der Waals surface area (Å²) in [5.41, 5.74) is -0.181. The average Bonchev–Trinajstić information content (AvgIpc) is 2.35. The maximum Gasteiger partial charge on any atom is 0.416 e. The molecule has 1 amide bonds. The summed E-state index contributed by atoms with van der Waals surface area (Å²) in [5, 5.41) is 2.47. The van der Waals surface area contributed by atoms with Crippen LogP contribution in [0.5, 0.6) is 0 Å². The van der Waals surface area contributed by atoms with E-state index < -0.39 is 33.5 Å². The maximum atomic E-state index is 12.7. The van der Waals surface area contributed by atoms with Gasteiger partial charge in [0, 0.05) is 18.4 Å². The third-order valence-corrected chi connectivity index (χ3v) is 4.04. The molecule has 128 valence electrons. The SMILES string of the molecule is C/C(=C\C(=O)NC(C)CS(C)(=O)=O)c1cccc(C(F)(F)F)c1. The van der Waals surface area contributed by atoms with E-state index in [9.17, 15) is 26.4 Å². The highest BCUT2D eigenvalue weighted by atomic mass is 32.2. The molecule has 0 spiro atoms. The van der Waals surface area contributed by atoms with Crippen molar-refractivity contribution in [3.63, 3.8) is 0 Å². The van der Waals surface area contributed by atoms with Crippen molar-refractivity contribution < 1.29 is 26.4 Å². The quantitative estimate of drug-likeness (QED) is 0.832.